The van der Waals surface area contributed by atoms with Gasteiger partial charge in [-0.05, 0) is 41.9 Å². The highest BCUT2D eigenvalue weighted by molar-refractivity contribution is 7.03. The van der Waals surface area contributed by atoms with Gasteiger partial charge in [-0.1, -0.05) is 24.3 Å². The summed E-state index contributed by atoms with van der Waals surface area (Å²) in [6.07, 6.45) is 6.39. The first-order valence-electron chi connectivity index (χ1n) is 8.26. The number of hydrogen-bond acceptors (Lipinski definition) is 6. The average Bonchev–Trinajstić information content (AvgIpc) is 3.29. The predicted molar refractivity (Wildman–Crippen MR) is 98.3 cm³/mol. The van der Waals surface area contributed by atoms with Crippen LogP contribution in [0.3, 0.4) is 0 Å². The maximum absolute atomic E-state index is 6.16. The molecule has 0 aliphatic heterocycles. The molecule has 0 saturated heterocycles. The van der Waals surface area contributed by atoms with Crippen molar-refractivity contribution in [2.75, 3.05) is 5.73 Å². The van der Waals surface area contributed by atoms with Crippen molar-refractivity contribution >= 4 is 28.4 Å². The summed E-state index contributed by atoms with van der Waals surface area (Å²) in [7, 11) is 0. The van der Waals surface area contributed by atoms with Gasteiger partial charge >= 0.3 is 0 Å². The van der Waals surface area contributed by atoms with Crippen LogP contribution in [-0.4, -0.2) is 24.1 Å². The second-order valence-electron chi connectivity index (χ2n) is 6.33. The van der Waals surface area contributed by atoms with Gasteiger partial charge in [-0.15, -0.1) is 0 Å². The Morgan fingerprint density at radius 1 is 1.16 bits per heavy atom. The number of nitrogens with zero attached hydrogens (tertiary/aromatic N) is 5. The SMILES string of the molecule is Nc1ncnc2c1c(-c1cnsc1)nn2C1CCc2ccccc2C1. The Bertz CT molecular complexity index is 1050. The van der Waals surface area contributed by atoms with Crippen LogP contribution in [0.5, 0.6) is 0 Å². The molecule has 124 valence electrons. The van der Waals surface area contributed by atoms with Crippen LogP contribution in [-0.2, 0) is 12.8 Å². The maximum atomic E-state index is 6.16. The number of benzene rings is 1. The van der Waals surface area contributed by atoms with Gasteiger partial charge in [0.25, 0.3) is 0 Å². The lowest BCUT2D eigenvalue weighted by molar-refractivity contribution is 0.415. The second kappa shape index (κ2) is 5.63. The van der Waals surface area contributed by atoms with Crippen molar-refractivity contribution in [1.82, 2.24) is 24.1 Å². The van der Waals surface area contributed by atoms with E-state index >= 15 is 0 Å². The first-order chi connectivity index (χ1) is 12.3. The fraction of sp³-hybridized carbons (Fsp3) is 0.222. The number of nitrogens with two attached hydrogens (primary N) is 1. The van der Waals surface area contributed by atoms with Crippen LogP contribution in [0.25, 0.3) is 22.3 Å². The lowest BCUT2D eigenvalue weighted by atomic mass is 9.88. The second-order valence-corrected chi connectivity index (χ2v) is 6.99. The maximum Gasteiger partial charge on any atom is 0.164 e. The van der Waals surface area contributed by atoms with Crippen molar-refractivity contribution in [3.05, 3.63) is 53.3 Å². The molecule has 3 heterocycles. The smallest absolute Gasteiger partial charge is 0.164 e. The lowest BCUT2D eigenvalue weighted by Crippen LogP contribution is -2.20. The van der Waals surface area contributed by atoms with Gasteiger partial charge in [-0.3, -0.25) is 0 Å². The van der Waals surface area contributed by atoms with E-state index in [1.165, 1.54) is 29.0 Å². The molecule has 1 unspecified atom stereocenters. The Morgan fingerprint density at radius 3 is 2.88 bits per heavy atom. The summed E-state index contributed by atoms with van der Waals surface area (Å²) in [4.78, 5) is 8.66. The van der Waals surface area contributed by atoms with Crippen LogP contribution in [0, 0.1) is 0 Å². The van der Waals surface area contributed by atoms with Crippen LogP contribution >= 0.6 is 11.5 Å². The van der Waals surface area contributed by atoms with E-state index in [9.17, 15) is 0 Å². The predicted octanol–water partition coefficient (Wildman–Crippen LogP) is 3.26. The summed E-state index contributed by atoms with van der Waals surface area (Å²) in [5.74, 6) is 0.466. The highest BCUT2D eigenvalue weighted by Gasteiger charge is 2.25. The fourth-order valence-corrected chi connectivity index (χ4v) is 4.18. The molecule has 0 bridgehead atoms. The van der Waals surface area contributed by atoms with Gasteiger partial charge in [0.15, 0.2) is 5.65 Å². The van der Waals surface area contributed by atoms with E-state index in [-0.39, 0.29) is 6.04 Å². The number of anilines is 1. The Balaban J connectivity index is 1.67. The van der Waals surface area contributed by atoms with Crippen LogP contribution in [0.1, 0.15) is 23.6 Å². The third kappa shape index (κ3) is 2.31. The molecule has 7 heteroatoms. The van der Waals surface area contributed by atoms with Crippen molar-refractivity contribution in [1.29, 1.82) is 0 Å². The zero-order valence-corrected chi connectivity index (χ0v) is 14.3. The summed E-state index contributed by atoms with van der Waals surface area (Å²) in [6, 6.07) is 8.91. The summed E-state index contributed by atoms with van der Waals surface area (Å²) >= 11 is 1.40. The van der Waals surface area contributed by atoms with Crippen molar-refractivity contribution in [3.8, 4) is 11.3 Å². The van der Waals surface area contributed by atoms with Crippen LogP contribution in [0.15, 0.2) is 42.2 Å². The molecule has 0 amide bonds. The van der Waals surface area contributed by atoms with Crippen molar-refractivity contribution in [3.63, 3.8) is 0 Å². The number of nitrogen functional groups attached to an aromatic ring is 1. The molecule has 0 saturated carbocycles. The minimum Gasteiger partial charge on any atom is -0.383 e. The van der Waals surface area contributed by atoms with Gasteiger partial charge in [0.1, 0.15) is 17.8 Å². The van der Waals surface area contributed by atoms with Gasteiger partial charge in [0.2, 0.25) is 0 Å². The molecule has 1 aromatic carbocycles. The number of aryl methyl sites for hydroxylation is 1. The molecule has 3 aromatic heterocycles. The molecule has 1 atom stereocenters. The summed E-state index contributed by atoms with van der Waals surface area (Å²) in [5, 5.41) is 7.69. The summed E-state index contributed by atoms with van der Waals surface area (Å²) < 4.78 is 6.24. The van der Waals surface area contributed by atoms with E-state index in [2.05, 4.69) is 38.6 Å². The Morgan fingerprint density at radius 2 is 2.04 bits per heavy atom. The average molecular weight is 348 g/mol. The molecule has 5 rings (SSSR count). The molecular weight excluding hydrogens is 332 g/mol. The van der Waals surface area contributed by atoms with E-state index in [1.54, 1.807) is 0 Å². The minimum absolute atomic E-state index is 0.270. The molecule has 1 aliphatic rings. The number of fused-ring (bicyclic) bond motifs is 2. The van der Waals surface area contributed by atoms with E-state index in [0.717, 1.165) is 41.6 Å². The molecule has 0 spiro atoms. The quantitative estimate of drug-likeness (QED) is 0.601. The zero-order valence-electron chi connectivity index (χ0n) is 13.5. The normalized spacial score (nSPS) is 16.9. The lowest BCUT2D eigenvalue weighted by Gasteiger charge is -2.25. The van der Waals surface area contributed by atoms with Crippen molar-refractivity contribution in [2.24, 2.45) is 0 Å². The fourth-order valence-electron chi connectivity index (χ4n) is 3.66. The van der Waals surface area contributed by atoms with E-state index in [1.807, 2.05) is 16.3 Å². The first kappa shape index (κ1) is 14.5. The molecule has 0 fully saturated rings. The molecule has 1 aliphatic carbocycles. The largest absolute Gasteiger partial charge is 0.383 e. The zero-order chi connectivity index (χ0) is 16.8. The third-order valence-corrected chi connectivity index (χ3v) is 5.48. The van der Waals surface area contributed by atoms with Crippen LogP contribution in [0.4, 0.5) is 5.82 Å². The summed E-state index contributed by atoms with van der Waals surface area (Å²) in [6.45, 7) is 0. The monoisotopic (exact) mass is 348 g/mol. The molecule has 0 radical (unpaired) electrons. The molecule has 4 aromatic rings. The molecular formula is C18H16N6S. The van der Waals surface area contributed by atoms with Crippen molar-refractivity contribution < 1.29 is 0 Å². The van der Waals surface area contributed by atoms with Crippen LogP contribution < -0.4 is 5.73 Å². The Kier molecular flexibility index (Phi) is 3.27. The molecule has 25 heavy (non-hydrogen) atoms. The molecule has 2 N–H and O–H groups in total. The number of hydrogen-bond donors (Lipinski definition) is 1. The summed E-state index contributed by atoms with van der Waals surface area (Å²) in [5.41, 5.74) is 11.6. The van der Waals surface area contributed by atoms with Gasteiger partial charge in [0.05, 0.1) is 17.6 Å². The number of aromatic nitrogens is 5. The highest BCUT2D eigenvalue weighted by Crippen LogP contribution is 2.35. The molecule has 6 nitrogen and oxygen atoms in total. The van der Waals surface area contributed by atoms with Crippen molar-refractivity contribution in [2.45, 2.75) is 25.3 Å². The van der Waals surface area contributed by atoms with Gasteiger partial charge < -0.3 is 5.73 Å². The minimum atomic E-state index is 0.270. The van der Waals surface area contributed by atoms with E-state index in [4.69, 9.17) is 10.8 Å². The van der Waals surface area contributed by atoms with E-state index < -0.39 is 0 Å². The van der Waals surface area contributed by atoms with Crippen LogP contribution in [0.2, 0.25) is 0 Å². The Labute approximate surface area is 148 Å². The third-order valence-electron chi connectivity index (χ3n) is 4.89. The van der Waals surface area contributed by atoms with Gasteiger partial charge in [-0.2, -0.15) is 5.10 Å². The Hall–Kier alpha value is -2.80. The standard InChI is InChI=1S/C18H16N6S/c19-17-15-16(13-8-22-25-9-13)23-24(18(15)21-10-20-17)14-6-5-11-3-1-2-4-12(11)7-14/h1-4,8-10,14H,5-7H2,(H2,19,20,21). The van der Waals surface area contributed by atoms with Gasteiger partial charge in [-0.25, -0.2) is 19.0 Å². The van der Waals surface area contributed by atoms with Gasteiger partial charge in [0, 0.05) is 10.9 Å². The number of rotatable bonds is 2. The topological polar surface area (TPSA) is 82.5 Å². The highest BCUT2D eigenvalue weighted by atomic mass is 32.1. The first-order valence-corrected chi connectivity index (χ1v) is 9.10. The van der Waals surface area contributed by atoms with E-state index in [0.29, 0.717) is 5.82 Å².